The van der Waals surface area contributed by atoms with E-state index >= 15 is 0 Å². The molecule has 1 aromatic carbocycles. The molecule has 0 saturated carbocycles. The number of amides is 1. The van der Waals surface area contributed by atoms with Crippen molar-refractivity contribution in [1.29, 1.82) is 0 Å². The van der Waals surface area contributed by atoms with E-state index in [0.29, 0.717) is 25.1 Å². The molecule has 1 rings (SSSR count). The Labute approximate surface area is 114 Å². The predicted molar refractivity (Wildman–Crippen MR) is 75.4 cm³/mol. The largest absolute Gasteiger partial charge is 0.356 e. The second-order valence-corrected chi connectivity index (χ2v) is 4.54. The summed E-state index contributed by atoms with van der Waals surface area (Å²) in [6, 6.07) is 6.72. The maximum Gasteiger partial charge on any atom is 0.221 e. The van der Waals surface area contributed by atoms with Crippen LogP contribution in [-0.2, 0) is 4.79 Å². The second-order valence-electron chi connectivity index (χ2n) is 4.54. The highest BCUT2D eigenvalue weighted by molar-refractivity contribution is 5.75. The number of benzene rings is 1. The minimum Gasteiger partial charge on any atom is -0.356 e. The molecule has 1 aromatic rings. The zero-order valence-corrected chi connectivity index (χ0v) is 11.7. The van der Waals surface area contributed by atoms with E-state index in [9.17, 15) is 9.18 Å². The first-order chi connectivity index (χ1) is 9.19. The van der Waals surface area contributed by atoms with Crippen LogP contribution in [0.3, 0.4) is 0 Å². The summed E-state index contributed by atoms with van der Waals surface area (Å²) in [5.74, 6) is -0.157. The van der Waals surface area contributed by atoms with Crippen LogP contribution in [-0.4, -0.2) is 19.0 Å². The van der Waals surface area contributed by atoms with Crippen LogP contribution in [0.5, 0.6) is 0 Å². The molecule has 1 amide bonds. The van der Waals surface area contributed by atoms with E-state index in [1.807, 2.05) is 19.9 Å². The smallest absolute Gasteiger partial charge is 0.221 e. The SMILES string of the molecule is CCCNC(=O)CCNC(CC)c1ccccc1F. The second kappa shape index (κ2) is 8.64. The number of nitrogens with one attached hydrogen (secondary N) is 2. The van der Waals surface area contributed by atoms with Gasteiger partial charge in [0, 0.05) is 31.1 Å². The third-order valence-electron chi connectivity index (χ3n) is 3.00. The molecular formula is C15H23FN2O. The fraction of sp³-hybridized carbons (Fsp3) is 0.533. The first-order valence-electron chi connectivity index (χ1n) is 6.93. The van der Waals surface area contributed by atoms with Gasteiger partial charge in [-0.15, -0.1) is 0 Å². The van der Waals surface area contributed by atoms with Crippen LogP contribution in [0.25, 0.3) is 0 Å². The Morgan fingerprint density at radius 2 is 2.00 bits per heavy atom. The summed E-state index contributed by atoms with van der Waals surface area (Å²) < 4.78 is 13.7. The molecule has 106 valence electrons. The molecule has 1 unspecified atom stereocenters. The highest BCUT2D eigenvalue weighted by atomic mass is 19.1. The molecule has 0 bridgehead atoms. The van der Waals surface area contributed by atoms with Gasteiger partial charge in [-0.1, -0.05) is 32.0 Å². The molecule has 3 nitrogen and oxygen atoms in total. The van der Waals surface area contributed by atoms with Crippen LogP contribution in [0.1, 0.15) is 44.7 Å². The van der Waals surface area contributed by atoms with Gasteiger partial charge >= 0.3 is 0 Å². The van der Waals surface area contributed by atoms with Crippen LogP contribution in [0.2, 0.25) is 0 Å². The zero-order valence-electron chi connectivity index (χ0n) is 11.7. The van der Waals surface area contributed by atoms with Gasteiger partial charge < -0.3 is 10.6 Å². The lowest BCUT2D eigenvalue weighted by atomic mass is 10.0. The number of carbonyl (C=O) groups is 1. The number of carbonyl (C=O) groups excluding carboxylic acids is 1. The molecule has 0 aliphatic carbocycles. The third kappa shape index (κ3) is 5.39. The molecule has 0 fully saturated rings. The molecule has 0 heterocycles. The van der Waals surface area contributed by atoms with Gasteiger partial charge in [0.1, 0.15) is 5.82 Å². The maximum atomic E-state index is 13.7. The van der Waals surface area contributed by atoms with Crippen molar-refractivity contribution < 1.29 is 9.18 Å². The molecule has 0 aliphatic heterocycles. The molecule has 19 heavy (non-hydrogen) atoms. The molecule has 4 heteroatoms. The fourth-order valence-corrected chi connectivity index (χ4v) is 1.94. The average molecular weight is 266 g/mol. The molecule has 0 spiro atoms. The summed E-state index contributed by atoms with van der Waals surface area (Å²) >= 11 is 0. The van der Waals surface area contributed by atoms with Crippen molar-refractivity contribution in [3.8, 4) is 0 Å². The van der Waals surface area contributed by atoms with E-state index in [4.69, 9.17) is 0 Å². The minimum atomic E-state index is -0.197. The zero-order chi connectivity index (χ0) is 14.1. The van der Waals surface area contributed by atoms with Crippen molar-refractivity contribution in [3.05, 3.63) is 35.6 Å². The first-order valence-corrected chi connectivity index (χ1v) is 6.93. The standard InChI is InChI=1S/C15H23FN2O/c1-3-10-18-15(19)9-11-17-14(4-2)12-7-5-6-8-13(12)16/h5-8,14,17H,3-4,9-11H2,1-2H3,(H,18,19). The van der Waals surface area contributed by atoms with Crippen molar-refractivity contribution in [1.82, 2.24) is 10.6 Å². The lowest BCUT2D eigenvalue weighted by molar-refractivity contribution is -0.121. The Balaban J connectivity index is 2.42. The van der Waals surface area contributed by atoms with Crippen LogP contribution < -0.4 is 10.6 Å². The number of hydrogen-bond donors (Lipinski definition) is 2. The van der Waals surface area contributed by atoms with E-state index in [1.54, 1.807) is 12.1 Å². The van der Waals surface area contributed by atoms with E-state index in [2.05, 4.69) is 10.6 Å². The van der Waals surface area contributed by atoms with Gasteiger partial charge in [0.05, 0.1) is 0 Å². The van der Waals surface area contributed by atoms with Gasteiger partial charge in [-0.3, -0.25) is 4.79 Å². The van der Waals surface area contributed by atoms with Crippen LogP contribution in [0.15, 0.2) is 24.3 Å². The third-order valence-corrected chi connectivity index (χ3v) is 3.00. The Morgan fingerprint density at radius 3 is 2.63 bits per heavy atom. The highest BCUT2D eigenvalue weighted by Crippen LogP contribution is 2.19. The molecular weight excluding hydrogens is 243 g/mol. The summed E-state index contributed by atoms with van der Waals surface area (Å²) in [5, 5.41) is 6.06. The van der Waals surface area contributed by atoms with E-state index < -0.39 is 0 Å². The Kier molecular flexibility index (Phi) is 7.11. The summed E-state index contributed by atoms with van der Waals surface area (Å²) in [4.78, 5) is 11.5. The highest BCUT2D eigenvalue weighted by Gasteiger charge is 2.13. The predicted octanol–water partition coefficient (Wildman–Crippen LogP) is 2.78. The van der Waals surface area contributed by atoms with E-state index in [1.165, 1.54) is 6.07 Å². The Bertz CT molecular complexity index is 395. The van der Waals surface area contributed by atoms with Crippen molar-refractivity contribution in [3.63, 3.8) is 0 Å². The van der Waals surface area contributed by atoms with Gasteiger partial charge in [0.15, 0.2) is 0 Å². The molecule has 1 atom stereocenters. The number of hydrogen-bond acceptors (Lipinski definition) is 2. The van der Waals surface area contributed by atoms with Gasteiger partial charge in [0.25, 0.3) is 0 Å². The average Bonchev–Trinajstić information content (AvgIpc) is 2.42. The first kappa shape index (κ1) is 15.6. The lowest BCUT2D eigenvalue weighted by Gasteiger charge is -2.18. The minimum absolute atomic E-state index is 0.0396. The topological polar surface area (TPSA) is 41.1 Å². The van der Waals surface area contributed by atoms with Crippen LogP contribution >= 0.6 is 0 Å². The summed E-state index contributed by atoms with van der Waals surface area (Å²) in [7, 11) is 0. The summed E-state index contributed by atoms with van der Waals surface area (Å²) in [5.41, 5.74) is 0.666. The molecule has 2 N–H and O–H groups in total. The Morgan fingerprint density at radius 1 is 1.26 bits per heavy atom. The normalized spacial score (nSPS) is 12.2. The van der Waals surface area contributed by atoms with Gasteiger partial charge in [-0.05, 0) is 18.9 Å². The van der Waals surface area contributed by atoms with Crippen molar-refractivity contribution >= 4 is 5.91 Å². The molecule has 0 saturated heterocycles. The maximum absolute atomic E-state index is 13.7. The monoisotopic (exact) mass is 266 g/mol. The molecule has 0 aromatic heterocycles. The summed E-state index contributed by atoms with van der Waals surface area (Å²) in [6.45, 7) is 5.29. The van der Waals surface area contributed by atoms with Crippen molar-refractivity contribution in [2.75, 3.05) is 13.1 Å². The van der Waals surface area contributed by atoms with Crippen LogP contribution in [0, 0.1) is 5.82 Å². The van der Waals surface area contributed by atoms with Crippen molar-refractivity contribution in [2.45, 2.75) is 39.2 Å². The quantitative estimate of drug-likeness (QED) is 0.759. The van der Waals surface area contributed by atoms with E-state index in [0.717, 1.165) is 12.8 Å². The van der Waals surface area contributed by atoms with Gasteiger partial charge in [0.2, 0.25) is 5.91 Å². The van der Waals surface area contributed by atoms with Gasteiger partial charge in [-0.2, -0.15) is 0 Å². The van der Waals surface area contributed by atoms with Crippen molar-refractivity contribution in [2.24, 2.45) is 0 Å². The fourth-order valence-electron chi connectivity index (χ4n) is 1.94. The lowest BCUT2D eigenvalue weighted by Crippen LogP contribution is -2.30. The number of halogens is 1. The van der Waals surface area contributed by atoms with E-state index in [-0.39, 0.29) is 17.8 Å². The molecule has 0 radical (unpaired) electrons. The Hall–Kier alpha value is -1.42. The summed E-state index contributed by atoms with van der Waals surface area (Å²) in [6.07, 6.45) is 2.15. The number of rotatable bonds is 8. The van der Waals surface area contributed by atoms with Gasteiger partial charge in [-0.25, -0.2) is 4.39 Å². The van der Waals surface area contributed by atoms with Crippen LogP contribution in [0.4, 0.5) is 4.39 Å². The molecule has 0 aliphatic rings.